The topological polar surface area (TPSA) is 77.2 Å². The number of carbonyl (C=O) groups excluding carboxylic acids is 1. The summed E-state index contributed by atoms with van der Waals surface area (Å²) in [6.45, 7) is 0. The summed E-state index contributed by atoms with van der Waals surface area (Å²) in [7, 11) is 1.63. The number of aryl methyl sites for hydroxylation is 1. The highest BCUT2D eigenvalue weighted by Gasteiger charge is 2.34. The summed E-state index contributed by atoms with van der Waals surface area (Å²) in [6, 6.07) is 11.8. The second kappa shape index (κ2) is 7.55. The summed E-state index contributed by atoms with van der Waals surface area (Å²) in [6.07, 6.45) is 3.57. The minimum Gasteiger partial charge on any atom is -0.493 e. The number of rotatable bonds is 5. The predicted octanol–water partition coefficient (Wildman–Crippen LogP) is 5.88. The number of aromatic nitrogens is 3. The lowest BCUT2D eigenvalue weighted by Gasteiger charge is -2.11. The number of carbonyl (C=O) groups is 1. The van der Waals surface area contributed by atoms with Crippen molar-refractivity contribution in [1.82, 2.24) is 14.8 Å². The SMILES string of the molecule is Cn1nc(C2CC2)c(C(=O)c2ccc3nccc(Oc4ccc(Cl)cc4Cl)c3c2)c1O. The molecule has 1 fully saturated rings. The number of hydrogen-bond acceptors (Lipinski definition) is 5. The van der Waals surface area contributed by atoms with E-state index in [0.29, 0.717) is 43.7 Å². The number of nitrogens with zero attached hydrogens (tertiary/aromatic N) is 3. The smallest absolute Gasteiger partial charge is 0.220 e. The number of fused-ring (bicyclic) bond motifs is 1. The first-order valence-corrected chi connectivity index (χ1v) is 10.5. The third-order valence-corrected chi connectivity index (χ3v) is 5.84. The summed E-state index contributed by atoms with van der Waals surface area (Å²) < 4.78 is 7.36. The van der Waals surface area contributed by atoms with Crippen LogP contribution in [0.5, 0.6) is 17.4 Å². The van der Waals surface area contributed by atoms with E-state index < -0.39 is 0 Å². The maximum absolute atomic E-state index is 13.3. The lowest BCUT2D eigenvalue weighted by molar-refractivity contribution is 0.103. The van der Waals surface area contributed by atoms with E-state index in [2.05, 4.69) is 10.1 Å². The molecule has 1 aliphatic carbocycles. The molecular formula is C23H17Cl2N3O3. The van der Waals surface area contributed by atoms with Gasteiger partial charge in [0, 0.05) is 35.1 Å². The van der Waals surface area contributed by atoms with Gasteiger partial charge in [-0.25, -0.2) is 4.68 Å². The van der Waals surface area contributed by atoms with Crippen molar-refractivity contribution in [2.45, 2.75) is 18.8 Å². The number of halogens is 2. The van der Waals surface area contributed by atoms with E-state index in [-0.39, 0.29) is 23.1 Å². The zero-order chi connectivity index (χ0) is 21.7. The van der Waals surface area contributed by atoms with E-state index in [1.54, 1.807) is 55.7 Å². The largest absolute Gasteiger partial charge is 0.493 e. The Hall–Kier alpha value is -3.09. The zero-order valence-electron chi connectivity index (χ0n) is 16.5. The molecule has 2 heterocycles. The number of benzene rings is 2. The van der Waals surface area contributed by atoms with Crippen LogP contribution in [0.2, 0.25) is 10.0 Å². The molecule has 4 aromatic rings. The number of hydrogen-bond donors (Lipinski definition) is 1. The van der Waals surface area contributed by atoms with E-state index >= 15 is 0 Å². The number of pyridine rings is 1. The molecule has 1 aliphatic rings. The number of ether oxygens (including phenoxy) is 1. The average Bonchev–Trinajstić information content (AvgIpc) is 3.55. The van der Waals surface area contributed by atoms with Crippen LogP contribution in [0.4, 0.5) is 0 Å². The molecule has 0 atom stereocenters. The molecule has 1 N–H and O–H groups in total. The van der Waals surface area contributed by atoms with Crippen LogP contribution in [0.15, 0.2) is 48.7 Å². The maximum atomic E-state index is 13.3. The minimum atomic E-state index is -0.284. The number of aromatic hydroxyl groups is 1. The molecule has 1 saturated carbocycles. The summed E-state index contributed by atoms with van der Waals surface area (Å²) >= 11 is 12.2. The van der Waals surface area contributed by atoms with E-state index in [4.69, 9.17) is 27.9 Å². The summed E-state index contributed by atoms with van der Waals surface area (Å²) in [5.41, 5.74) is 1.99. The standard InChI is InChI=1S/C23H17Cl2N3O3/c1-28-23(30)20(21(27-28)12-2-3-12)22(29)13-4-6-17-15(10-13)18(8-9-26-17)31-19-7-5-14(24)11-16(19)25/h4-12,30H,2-3H2,1H3. The Balaban J connectivity index is 1.57. The van der Waals surface area contributed by atoms with E-state index in [9.17, 15) is 9.90 Å². The van der Waals surface area contributed by atoms with Gasteiger partial charge in [0.25, 0.3) is 0 Å². The van der Waals surface area contributed by atoms with Crippen LogP contribution in [0.25, 0.3) is 10.9 Å². The Morgan fingerprint density at radius 3 is 2.68 bits per heavy atom. The van der Waals surface area contributed by atoms with Crippen molar-refractivity contribution in [2.75, 3.05) is 0 Å². The Morgan fingerprint density at radius 2 is 1.94 bits per heavy atom. The summed E-state index contributed by atoms with van der Waals surface area (Å²) in [5.74, 6) is 0.758. The normalized spacial score (nSPS) is 13.5. The molecule has 31 heavy (non-hydrogen) atoms. The highest BCUT2D eigenvalue weighted by Crippen LogP contribution is 2.43. The van der Waals surface area contributed by atoms with Crippen molar-refractivity contribution in [3.05, 3.63) is 75.5 Å². The first-order valence-electron chi connectivity index (χ1n) is 9.74. The van der Waals surface area contributed by atoms with Gasteiger partial charge < -0.3 is 9.84 Å². The van der Waals surface area contributed by atoms with Gasteiger partial charge in [-0.2, -0.15) is 5.10 Å². The van der Waals surface area contributed by atoms with Gasteiger partial charge in [-0.15, -0.1) is 0 Å². The summed E-state index contributed by atoms with van der Waals surface area (Å²) in [4.78, 5) is 17.7. The van der Waals surface area contributed by atoms with Crippen LogP contribution in [0, 0.1) is 0 Å². The molecular weight excluding hydrogens is 437 g/mol. The van der Waals surface area contributed by atoms with Gasteiger partial charge in [-0.3, -0.25) is 9.78 Å². The monoisotopic (exact) mass is 453 g/mol. The van der Waals surface area contributed by atoms with Crippen molar-refractivity contribution in [1.29, 1.82) is 0 Å². The molecule has 2 aromatic heterocycles. The minimum absolute atomic E-state index is 0.123. The first kappa shape index (κ1) is 19.8. The quantitative estimate of drug-likeness (QED) is 0.381. The summed E-state index contributed by atoms with van der Waals surface area (Å²) in [5, 5.41) is 16.3. The Kier molecular flexibility index (Phi) is 4.84. The van der Waals surface area contributed by atoms with E-state index in [1.807, 2.05) is 0 Å². The molecule has 0 unspecified atom stereocenters. The van der Waals surface area contributed by atoms with Crippen LogP contribution in [0.3, 0.4) is 0 Å². The Morgan fingerprint density at radius 1 is 1.13 bits per heavy atom. The van der Waals surface area contributed by atoms with Crippen molar-refractivity contribution < 1.29 is 14.6 Å². The molecule has 0 spiro atoms. The van der Waals surface area contributed by atoms with Gasteiger partial charge in [-0.05, 0) is 55.3 Å². The highest BCUT2D eigenvalue weighted by molar-refractivity contribution is 6.35. The Labute approximate surface area is 188 Å². The third kappa shape index (κ3) is 3.62. The fourth-order valence-electron chi connectivity index (χ4n) is 3.57. The molecule has 2 aromatic carbocycles. The second-order valence-corrected chi connectivity index (χ2v) is 8.37. The van der Waals surface area contributed by atoms with E-state index in [1.165, 1.54) is 4.68 Å². The molecule has 8 heteroatoms. The third-order valence-electron chi connectivity index (χ3n) is 5.31. The first-order chi connectivity index (χ1) is 14.9. The van der Waals surface area contributed by atoms with Crippen molar-refractivity contribution in [3.63, 3.8) is 0 Å². The molecule has 0 bridgehead atoms. The molecule has 0 saturated heterocycles. The molecule has 0 aliphatic heterocycles. The van der Waals surface area contributed by atoms with Crippen molar-refractivity contribution in [3.8, 4) is 17.4 Å². The van der Waals surface area contributed by atoms with Gasteiger partial charge >= 0.3 is 0 Å². The van der Waals surface area contributed by atoms with Gasteiger partial charge in [0.05, 0.1) is 16.2 Å². The van der Waals surface area contributed by atoms with Gasteiger partial charge in [0.1, 0.15) is 17.1 Å². The zero-order valence-corrected chi connectivity index (χ0v) is 18.0. The van der Waals surface area contributed by atoms with Crippen LogP contribution >= 0.6 is 23.2 Å². The van der Waals surface area contributed by atoms with Gasteiger partial charge in [0.2, 0.25) is 5.88 Å². The van der Waals surface area contributed by atoms with Crippen LogP contribution in [-0.2, 0) is 7.05 Å². The van der Waals surface area contributed by atoms with E-state index in [0.717, 1.165) is 12.8 Å². The molecule has 0 radical (unpaired) electrons. The fourth-order valence-corrected chi connectivity index (χ4v) is 4.01. The molecule has 156 valence electrons. The Bertz CT molecular complexity index is 1350. The lowest BCUT2D eigenvalue weighted by atomic mass is 9.99. The number of ketones is 1. The molecule has 0 amide bonds. The second-order valence-electron chi connectivity index (χ2n) is 7.53. The predicted molar refractivity (Wildman–Crippen MR) is 119 cm³/mol. The highest BCUT2D eigenvalue weighted by atomic mass is 35.5. The van der Waals surface area contributed by atoms with Crippen molar-refractivity contribution in [2.24, 2.45) is 7.05 Å². The lowest BCUT2D eigenvalue weighted by Crippen LogP contribution is -2.04. The van der Waals surface area contributed by atoms with Crippen LogP contribution < -0.4 is 4.74 Å². The fraction of sp³-hybridized carbons (Fsp3) is 0.174. The van der Waals surface area contributed by atoms with Crippen LogP contribution in [-0.4, -0.2) is 25.7 Å². The molecule has 6 nitrogen and oxygen atoms in total. The molecule has 5 rings (SSSR count). The van der Waals surface area contributed by atoms with Crippen molar-refractivity contribution >= 4 is 39.9 Å². The van der Waals surface area contributed by atoms with Gasteiger partial charge in [0.15, 0.2) is 5.78 Å². The van der Waals surface area contributed by atoms with Gasteiger partial charge in [-0.1, -0.05) is 23.2 Å². The maximum Gasteiger partial charge on any atom is 0.220 e. The van der Waals surface area contributed by atoms with Crippen LogP contribution in [0.1, 0.15) is 40.4 Å². The average molecular weight is 454 g/mol.